The van der Waals surface area contributed by atoms with Crippen molar-refractivity contribution in [3.05, 3.63) is 17.0 Å². The Hall–Kier alpha value is -0.960. The van der Waals surface area contributed by atoms with E-state index in [1.54, 1.807) is 0 Å². The van der Waals surface area contributed by atoms with Crippen LogP contribution in [0.25, 0.3) is 0 Å². The number of hydrogen-bond donors (Lipinski definition) is 2. The van der Waals surface area contributed by atoms with Crippen molar-refractivity contribution in [3.63, 3.8) is 0 Å². The minimum absolute atomic E-state index is 0.00932. The Labute approximate surface area is 135 Å². The molecule has 0 saturated heterocycles. The Morgan fingerprint density at radius 1 is 1.45 bits per heavy atom. The Morgan fingerprint density at radius 2 is 2.18 bits per heavy atom. The average molecular weight is 346 g/mol. The molecule has 0 aromatic carbocycles. The van der Waals surface area contributed by atoms with Crippen molar-refractivity contribution in [3.8, 4) is 0 Å². The smallest absolute Gasteiger partial charge is 0.252 e. The fraction of sp³-hybridized carbons (Fsp3) is 0.643. The van der Waals surface area contributed by atoms with Gasteiger partial charge >= 0.3 is 0 Å². The SMILES string of the molecule is C[C@H]1CCCC[C@@H]1OCCNC(=O)c1csc(S(N)(=O)=O)c1. The molecule has 0 aliphatic heterocycles. The number of sulfonamides is 1. The van der Waals surface area contributed by atoms with Crippen molar-refractivity contribution < 1.29 is 17.9 Å². The van der Waals surface area contributed by atoms with Crippen molar-refractivity contribution in [2.45, 2.75) is 42.9 Å². The van der Waals surface area contributed by atoms with Gasteiger partial charge in [-0.25, -0.2) is 13.6 Å². The summed E-state index contributed by atoms with van der Waals surface area (Å²) in [6.45, 7) is 3.07. The van der Waals surface area contributed by atoms with Gasteiger partial charge in [-0.1, -0.05) is 19.8 Å². The number of rotatable bonds is 6. The molecule has 0 spiro atoms. The highest BCUT2D eigenvalue weighted by Gasteiger charge is 2.21. The van der Waals surface area contributed by atoms with Gasteiger partial charge in [0.15, 0.2) is 0 Å². The van der Waals surface area contributed by atoms with Crippen LogP contribution in [0.2, 0.25) is 0 Å². The summed E-state index contributed by atoms with van der Waals surface area (Å²) in [4.78, 5) is 11.9. The van der Waals surface area contributed by atoms with E-state index in [1.165, 1.54) is 30.7 Å². The van der Waals surface area contributed by atoms with E-state index in [0.29, 0.717) is 24.6 Å². The van der Waals surface area contributed by atoms with Gasteiger partial charge < -0.3 is 10.1 Å². The number of primary sulfonamides is 1. The van der Waals surface area contributed by atoms with E-state index in [1.807, 2.05) is 0 Å². The van der Waals surface area contributed by atoms with E-state index in [2.05, 4.69) is 12.2 Å². The second-order valence-corrected chi connectivity index (χ2v) is 8.33. The number of ether oxygens (including phenoxy) is 1. The largest absolute Gasteiger partial charge is 0.376 e. The lowest BCUT2D eigenvalue weighted by molar-refractivity contribution is -0.00293. The number of hydrogen-bond acceptors (Lipinski definition) is 5. The highest BCUT2D eigenvalue weighted by atomic mass is 32.2. The summed E-state index contributed by atoms with van der Waals surface area (Å²) >= 11 is 0.942. The van der Waals surface area contributed by atoms with Crippen molar-refractivity contribution in [1.82, 2.24) is 5.32 Å². The minimum Gasteiger partial charge on any atom is -0.376 e. The van der Waals surface area contributed by atoms with Gasteiger partial charge in [0.05, 0.1) is 18.3 Å². The normalized spacial score (nSPS) is 22.5. The lowest BCUT2D eigenvalue weighted by Gasteiger charge is -2.28. The molecule has 1 amide bonds. The molecule has 2 rings (SSSR count). The topological polar surface area (TPSA) is 98.5 Å². The summed E-state index contributed by atoms with van der Waals surface area (Å²) in [6, 6.07) is 1.29. The second-order valence-electron chi connectivity index (χ2n) is 5.63. The standard InChI is InChI=1S/C14H22N2O4S2/c1-10-4-2-3-5-12(10)20-7-6-16-14(17)11-8-13(21-9-11)22(15,18)19/h8-10,12H,2-7H2,1H3,(H,16,17)(H2,15,18,19)/t10-,12-/m0/s1. The Morgan fingerprint density at radius 3 is 2.82 bits per heavy atom. The number of carbonyl (C=O) groups is 1. The van der Waals surface area contributed by atoms with Crippen molar-refractivity contribution >= 4 is 27.3 Å². The summed E-state index contributed by atoms with van der Waals surface area (Å²) < 4.78 is 28.1. The maximum Gasteiger partial charge on any atom is 0.252 e. The second kappa shape index (κ2) is 7.54. The summed E-state index contributed by atoms with van der Waals surface area (Å²) in [7, 11) is -3.75. The molecule has 1 aliphatic rings. The first-order valence-corrected chi connectivity index (χ1v) is 9.81. The summed E-state index contributed by atoms with van der Waals surface area (Å²) in [5, 5.41) is 9.23. The molecule has 1 aromatic rings. The van der Waals surface area contributed by atoms with Crippen LogP contribution in [0, 0.1) is 5.92 Å². The molecule has 2 atom stereocenters. The molecule has 0 radical (unpaired) electrons. The zero-order valence-corrected chi connectivity index (χ0v) is 14.2. The molecular formula is C14H22N2O4S2. The first-order chi connectivity index (χ1) is 10.4. The van der Waals surface area contributed by atoms with E-state index in [-0.39, 0.29) is 16.2 Å². The average Bonchev–Trinajstić information content (AvgIpc) is 2.95. The fourth-order valence-electron chi connectivity index (χ4n) is 2.59. The van der Waals surface area contributed by atoms with Gasteiger partial charge in [0, 0.05) is 11.9 Å². The maximum absolute atomic E-state index is 11.9. The number of carbonyl (C=O) groups excluding carboxylic acids is 1. The van der Waals surface area contributed by atoms with E-state index >= 15 is 0 Å². The molecular weight excluding hydrogens is 324 g/mol. The minimum atomic E-state index is -3.75. The molecule has 8 heteroatoms. The van der Waals surface area contributed by atoms with E-state index in [9.17, 15) is 13.2 Å². The molecule has 1 fully saturated rings. The Bertz CT molecular complexity index is 612. The molecule has 0 bridgehead atoms. The van der Waals surface area contributed by atoms with Gasteiger partial charge in [0.25, 0.3) is 5.91 Å². The highest BCUT2D eigenvalue weighted by Crippen LogP contribution is 2.26. The molecule has 0 unspecified atom stereocenters. The molecule has 1 saturated carbocycles. The zero-order chi connectivity index (χ0) is 16.2. The van der Waals surface area contributed by atoms with E-state index < -0.39 is 10.0 Å². The third-order valence-corrected chi connectivity index (χ3v) is 6.26. The molecule has 22 heavy (non-hydrogen) atoms. The summed E-state index contributed by atoms with van der Waals surface area (Å²) in [6.07, 6.45) is 5.02. The number of nitrogens with two attached hydrogens (primary N) is 1. The van der Waals surface area contributed by atoms with Crippen LogP contribution in [-0.2, 0) is 14.8 Å². The van der Waals surface area contributed by atoms with Gasteiger partial charge in [0.1, 0.15) is 4.21 Å². The molecule has 1 aromatic heterocycles. The molecule has 124 valence electrons. The van der Waals surface area contributed by atoms with Gasteiger partial charge in [-0.15, -0.1) is 11.3 Å². The Balaban J connectivity index is 1.75. The van der Waals surface area contributed by atoms with Crippen LogP contribution >= 0.6 is 11.3 Å². The van der Waals surface area contributed by atoms with Crippen LogP contribution in [0.5, 0.6) is 0 Å². The number of thiophene rings is 1. The molecule has 1 aliphatic carbocycles. The zero-order valence-electron chi connectivity index (χ0n) is 12.6. The van der Waals surface area contributed by atoms with Crippen molar-refractivity contribution in [1.29, 1.82) is 0 Å². The third kappa shape index (κ3) is 4.77. The molecule has 1 heterocycles. The van der Waals surface area contributed by atoms with Crippen LogP contribution in [0.1, 0.15) is 43.0 Å². The predicted octanol–water partition coefficient (Wildman–Crippen LogP) is 1.72. The summed E-state index contributed by atoms with van der Waals surface area (Å²) in [5.41, 5.74) is 0.306. The van der Waals surface area contributed by atoms with Gasteiger partial charge in [-0.2, -0.15) is 0 Å². The van der Waals surface area contributed by atoms with Crippen LogP contribution in [-0.4, -0.2) is 33.6 Å². The fourth-order valence-corrected chi connectivity index (χ4v) is 4.18. The summed E-state index contributed by atoms with van der Waals surface area (Å²) in [5.74, 6) is 0.255. The van der Waals surface area contributed by atoms with Crippen molar-refractivity contribution in [2.24, 2.45) is 11.1 Å². The lowest BCUT2D eigenvalue weighted by atomic mass is 9.88. The molecule has 3 N–H and O–H groups in total. The first-order valence-electron chi connectivity index (χ1n) is 7.39. The maximum atomic E-state index is 11.9. The van der Waals surface area contributed by atoms with Crippen molar-refractivity contribution in [2.75, 3.05) is 13.2 Å². The monoisotopic (exact) mass is 346 g/mol. The molecule has 6 nitrogen and oxygen atoms in total. The first kappa shape index (κ1) is 17.4. The van der Waals surface area contributed by atoms with Crippen LogP contribution in [0.4, 0.5) is 0 Å². The lowest BCUT2D eigenvalue weighted by Crippen LogP contribution is -2.31. The van der Waals surface area contributed by atoms with Crippen LogP contribution < -0.4 is 10.5 Å². The Kier molecular flexibility index (Phi) is 5.96. The van der Waals surface area contributed by atoms with Gasteiger partial charge in [0.2, 0.25) is 10.0 Å². The quantitative estimate of drug-likeness (QED) is 0.766. The number of nitrogens with one attached hydrogen (secondary N) is 1. The number of amides is 1. The van der Waals surface area contributed by atoms with Gasteiger partial charge in [-0.05, 0) is 24.8 Å². The van der Waals surface area contributed by atoms with Gasteiger partial charge in [-0.3, -0.25) is 4.79 Å². The highest BCUT2D eigenvalue weighted by molar-refractivity contribution is 7.91. The van der Waals surface area contributed by atoms with E-state index in [4.69, 9.17) is 9.88 Å². The van der Waals surface area contributed by atoms with Crippen LogP contribution in [0.3, 0.4) is 0 Å². The third-order valence-electron chi connectivity index (χ3n) is 3.87. The predicted molar refractivity (Wildman–Crippen MR) is 85.4 cm³/mol. The van der Waals surface area contributed by atoms with E-state index in [0.717, 1.165) is 17.8 Å². The van der Waals surface area contributed by atoms with Crippen LogP contribution in [0.15, 0.2) is 15.7 Å².